The van der Waals surface area contributed by atoms with Crippen LogP contribution in [0.4, 0.5) is 0 Å². The molecule has 1 aliphatic heterocycles. The molecular formula is C46H34N2. The molecule has 0 saturated carbocycles. The first-order chi connectivity index (χ1) is 23.3. The summed E-state index contributed by atoms with van der Waals surface area (Å²) in [4.78, 5) is 0. The summed E-state index contributed by atoms with van der Waals surface area (Å²) >= 11 is 0. The predicted octanol–water partition coefficient (Wildman–Crippen LogP) is 12.0. The minimum absolute atomic E-state index is 0.143. The first-order valence-corrected chi connectivity index (χ1v) is 17.1. The van der Waals surface area contributed by atoms with Crippen molar-refractivity contribution >= 4 is 54.4 Å². The Morgan fingerprint density at radius 3 is 1.77 bits per heavy atom. The van der Waals surface area contributed by atoms with Crippen LogP contribution < -0.4 is 0 Å². The van der Waals surface area contributed by atoms with Gasteiger partial charge in [0, 0.05) is 37.8 Å². The molecule has 0 N–H and O–H groups in total. The molecule has 48 heavy (non-hydrogen) atoms. The van der Waals surface area contributed by atoms with E-state index in [2.05, 4.69) is 170 Å². The highest BCUT2D eigenvalue weighted by Crippen LogP contribution is 2.56. The molecule has 2 nitrogen and oxygen atoms in total. The number of rotatable bonds is 1. The fourth-order valence-corrected chi connectivity index (χ4v) is 9.50. The largest absolute Gasteiger partial charge is 0.309 e. The zero-order chi connectivity index (χ0) is 32.1. The lowest BCUT2D eigenvalue weighted by Gasteiger charge is -2.36. The van der Waals surface area contributed by atoms with E-state index in [1.807, 2.05) is 0 Å². The van der Waals surface area contributed by atoms with Gasteiger partial charge in [-0.3, -0.25) is 0 Å². The summed E-state index contributed by atoms with van der Waals surface area (Å²) in [6, 6.07) is 50.3. The standard InChI is InChI=1S/C46H34N2/c1-45(2)35-19-12-18-31-29-16-7-10-21-41(29)48(44(31)35)43-26-37-33(24-38(43)45)32-23-34-30-17-8-9-20-40(30)47(42(34)25-36(32)46(37,3)4)39-22-11-14-27-13-5-6-15-28(27)39/h5-26H,1-4H3. The van der Waals surface area contributed by atoms with E-state index in [0.29, 0.717) is 0 Å². The van der Waals surface area contributed by atoms with Crippen LogP contribution in [-0.4, -0.2) is 9.13 Å². The van der Waals surface area contributed by atoms with Crippen LogP contribution >= 0.6 is 0 Å². The summed E-state index contributed by atoms with van der Waals surface area (Å²) in [7, 11) is 0. The van der Waals surface area contributed by atoms with Gasteiger partial charge in [-0.05, 0) is 81.2 Å². The Morgan fingerprint density at radius 1 is 0.375 bits per heavy atom. The molecular weight excluding hydrogens is 581 g/mol. The minimum atomic E-state index is -0.170. The Hall–Kier alpha value is -5.60. The average molecular weight is 615 g/mol. The lowest BCUT2D eigenvalue weighted by Crippen LogP contribution is -2.27. The smallest absolute Gasteiger partial charge is 0.0582 e. The summed E-state index contributed by atoms with van der Waals surface area (Å²) in [6.45, 7) is 9.67. The number of hydrogen-bond donors (Lipinski definition) is 0. The number of fused-ring (bicyclic) bond motifs is 12. The fraction of sp³-hybridized carbons (Fsp3) is 0.130. The van der Waals surface area contributed by atoms with E-state index in [1.165, 1.54) is 99.1 Å². The molecule has 0 amide bonds. The Labute approximate surface area is 279 Å². The normalized spacial score (nSPS) is 15.4. The van der Waals surface area contributed by atoms with Crippen molar-refractivity contribution < 1.29 is 0 Å². The molecule has 1 aliphatic carbocycles. The quantitative estimate of drug-likeness (QED) is 0.174. The molecule has 2 heteroatoms. The topological polar surface area (TPSA) is 9.86 Å². The number of nitrogens with zero attached hydrogens (tertiary/aromatic N) is 2. The lowest BCUT2D eigenvalue weighted by molar-refractivity contribution is 0.625. The van der Waals surface area contributed by atoms with Gasteiger partial charge in [0.15, 0.2) is 0 Å². The van der Waals surface area contributed by atoms with Crippen molar-refractivity contribution in [2.24, 2.45) is 0 Å². The molecule has 11 rings (SSSR count). The number of aromatic nitrogens is 2. The third-order valence-electron chi connectivity index (χ3n) is 11.9. The van der Waals surface area contributed by atoms with Crippen LogP contribution in [0.5, 0.6) is 0 Å². The maximum atomic E-state index is 2.55. The van der Waals surface area contributed by atoms with Gasteiger partial charge in [-0.1, -0.05) is 119 Å². The molecule has 3 heterocycles. The SMILES string of the molecule is CC1(C)c2cc3c(cc2-c2cc4c5ccccc5n(-c5cccc6ccccc56)c4cc21)C(C)(C)c1cccc2c4ccccc4n-3c12. The molecule has 0 radical (unpaired) electrons. The number of hydrogen-bond acceptors (Lipinski definition) is 0. The molecule has 0 spiro atoms. The molecule has 2 aromatic heterocycles. The van der Waals surface area contributed by atoms with E-state index in [0.717, 1.165) is 0 Å². The number of benzene rings is 7. The van der Waals surface area contributed by atoms with Crippen LogP contribution in [0.25, 0.3) is 76.9 Å². The van der Waals surface area contributed by atoms with E-state index in [-0.39, 0.29) is 10.8 Å². The van der Waals surface area contributed by atoms with Crippen molar-refractivity contribution in [3.8, 4) is 22.5 Å². The van der Waals surface area contributed by atoms with Crippen LogP contribution in [0.2, 0.25) is 0 Å². The number of para-hydroxylation sites is 3. The molecule has 9 aromatic rings. The van der Waals surface area contributed by atoms with Crippen LogP contribution in [0.1, 0.15) is 49.9 Å². The van der Waals surface area contributed by atoms with Crippen molar-refractivity contribution in [1.82, 2.24) is 9.13 Å². The minimum Gasteiger partial charge on any atom is -0.309 e. The van der Waals surface area contributed by atoms with E-state index in [4.69, 9.17) is 0 Å². The van der Waals surface area contributed by atoms with Crippen molar-refractivity contribution in [2.75, 3.05) is 0 Å². The third-order valence-corrected chi connectivity index (χ3v) is 11.9. The fourth-order valence-electron chi connectivity index (χ4n) is 9.50. The zero-order valence-electron chi connectivity index (χ0n) is 27.6. The summed E-state index contributed by atoms with van der Waals surface area (Å²) in [5.74, 6) is 0. The second kappa shape index (κ2) is 8.65. The van der Waals surface area contributed by atoms with Gasteiger partial charge in [-0.15, -0.1) is 0 Å². The first kappa shape index (κ1) is 26.5. The predicted molar refractivity (Wildman–Crippen MR) is 202 cm³/mol. The lowest BCUT2D eigenvalue weighted by atomic mass is 9.73. The van der Waals surface area contributed by atoms with Gasteiger partial charge in [0.2, 0.25) is 0 Å². The average Bonchev–Trinajstić information content (AvgIpc) is 3.69. The highest BCUT2D eigenvalue weighted by molar-refractivity contribution is 6.14. The molecule has 0 saturated heterocycles. The Balaban J connectivity index is 1.23. The molecule has 7 aromatic carbocycles. The Kier molecular flexibility index (Phi) is 4.77. The molecule has 0 bridgehead atoms. The molecule has 0 unspecified atom stereocenters. The van der Waals surface area contributed by atoms with Gasteiger partial charge in [-0.25, -0.2) is 0 Å². The molecule has 228 valence electrons. The second-order valence-electron chi connectivity index (χ2n) is 15.0. The maximum Gasteiger partial charge on any atom is 0.0582 e. The Morgan fingerprint density at radius 2 is 0.958 bits per heavy atom. The zero-order valence-corrected chi connectivity index (χ0v) is 27.6. The maximum absolute atomic E-state index is 2.55. The summed E-state index contributed by atoms with van der Waals surface area (Å²) < 4.78 is 5.05. The van der Waals surface area contributed by atoms with Crippen molar-refractivity contribution in [2.45, 2.75) is 38.5 Å². The summed E-state index contributed by atoms with van der Waals surface area (Å²) in [6.07, 6.45) is 0. The van der Waals surface area contributed by atoms with Crippen LogP contribution in [0.3, 0.4) is 0 Å². The van der Waals surface area contributed by atoms with Crippen LogP contribution in [0, 0.1) is 0 Å². The first-order valence-electron chi connectivity index (χ1n) is 17.1. The van der Waals surface area contributed by atoms with Crippen LogP contribution in [-0.2, 0) is 10.8 Å². The Bertz CT molecular complexity index is 2880. The second-order valence-corrected chi connectivity index (χ2v) is 15.0. The van der Waals surface area contributed by atoms with E-state index >= 15 is 0 Å². The van der Waals surface area contributed by atoms with Gasteiger partial charge in [0.25, 0.3) is 0 Å². The monoisotopic (exact) mass is 614 g/mol. The summed E-state index contributed by atoms with van der Waals surface area (Å²) in [5, 5.41) is 7.79. The van der Waals surface area contributed by atoms with Gasteiger partial charge < -0.3 is 9.13 Å². The van der Waals surface area contributed by atoms with Crippen molar-refractivity contribution in [1.29, 1.82) is 0 Å². The van der Waals surface area contributed by atoms with E-state index < -0.39 is 0 Å². The van der Waals surface area contributed by atoms with E-state index in [1.54, 1.807) is 0 Å². The highest BCUT2D eigenvalue weighted by Gasteiger charge is 2.41. The third kappa shape index (κ3) is 3.05. The van der Waals surface area contributed by atoms with Gasteiger partial charge in [-0.2, -0.15) is 0 Å². The summed E-state index contributed by atoms with van der Waals surface area (Å²) in [5.41, 5.74) is 15.7. The van der Waals surface area contributed by atoms with Crippen LogP contribution in [0.15, 0.2) is 133 Å². The highest BCUT2D eigenvalue weighted by atomic mass is 15.0. The van der Waals surface area contributed by atoms with Crippen molar-refractivity contribution in [3.63, 3.8) is 0 Å². The van der Waals surface area contributed by atoms with Gasteiger partial charge >= 0.3 is 0 Å². The molecule has 2 aliphatic rings. The molecule has 0 fully saturated rings. The van der Waals surface area contributed by atoms with E-state index in [9.17, 15) is 0 Å². The van der Waals surface area contributed by atoms with Gasteiger partial charge in [0.05, 0.1) is 33.4 Å². The van der Waals surface area contributed by atoms with Gasteiger partial charge in [0.1, 0.15) is 0 Å². The molecule has 0 atom stereocenters. The van der Waals surface area contributed by atoms with Crippen molar-refractivity contribution in [3.05, 3.63) is 156 Å².